The van der Waals surface area contributed by atoms with Crippen molar-refractivity contribution in [2.24, 2.45) is 13.0 Å². The Kier molecular flexibility index (Phi) is 3.71. The Balaban J connectivity index is 2.03. The SMILES string of the molecule is CCn1c(=O)c2c(nc3n2CC(C)CN3c2ccc(F)cc2)n(C)c1=O. The number of anilines is 2. The summed E-state index contributed by atoms with van der Waals surface area (Å²) in [7, 11) is 1.63. The van der Waals surface area contributed by atoms with E-state index in [0.29, 0.717) is 36.7 Å². The number of rotatable bonds is 2. The highest BCUT2D eigenvalue weighted by Gasteiger charge is 2.29. The first kappa shape index (κ1) is 16.6. The maximum absolute atomic E-state index is 13.3. The molecular weight excluding hydrogens is 337 g/mol. The lowest BCUT2D eigenvalue weighted by Gasteiger charge is -2.32. The molecule has 1 atom stereocenters. The van der Waals surface area contributed by atoms with E-state index in [2.05, 4.69) is 11.9 Å². The van der Waals surface area contributed by atoms with Gasteiger partial charge in [-0.3, -0.25) is 13.9 Å². The average Bonchev–Trinajstić information content (AvgIpc) is 3.00. The lowest BCUT2D eigenvalue weighted by atomic mass is 10.1. The van der Waals surface area contributed by atoms with Crippen LogP contribution in [0.4, 0.5) is 16.0 Å². The second kappa shape index (κ2) is 5.82. The Morgan fingerprint density at radius 1 is 1.19 bits per heavy atom. The first-order valence-corrected chi connectivity index (χ1v) is 8.65. The standard InChI is InChI=1S/C18H20FN5O2/c1-4-22-16(25)14-15(21(3)18(22)26)20-17-23(9-11(2)10-24(14)17)13-7-5-12(19)6-8-13/h5-8,11H,4,9-10H2,1-3H3. The Hall–Kier alpha value is -2.90. The predicted molar refractivity (Wildman–Crippen MR) is 97.5 cm³/mol. The van der Waals surface area contributed by atoms with Crippen LogP contribution in [0, 0.1) is 11.7 Å². The highest BCUT2D eigenvalue weighted by molar-refractivity contribution is 5.77. The zero-order valence-corrected chi connectivity index (χ0v) is 14.9. The molecule has 0 fully saturated rings. The van der Waals surface area contributed by atoms with E-state index in [1.165, 1.54) is 21.3 Å². The molecule has 1 aliphatic heterocycles. The molecule has 0 bridgehead atoms. The van der Waals surface area contributed by atoms with Gasteiger partial charge in [0.05, 0.1) is 0 Å². The fourth-order valence-electron chi connectivity index (χ4n) is 3.62. The topological polar surface area (TPSA) is 65.1 Å². The lowest BCUT2D eigenvalue weighted by Crippen LogP contribution is -2.40. The van der Waals surface area contributed by atoms with Crippen LogP contribution in [-0.2, 0) is 20.1 Å². The second-order valence-corrected chi connectivity index (χ2v) is 6.78. The third-order valence-corrected chi connectivity index (χ3v) is 4.90. The molecule has 26 heavy (non-hydrogen) atoms. The zero-order chi connectivity index (χ0) is 18.6. The molecule has 2 aromatic heterocycles. The summed E-state index contributed by atoms with van der Waals surface area (Å²) in [5.74, 6) is 0.558. The van der Waals surface area contributed by atoms with E-state index in [1.54, 1.807) is 26.1 Å². The minimum absolute atomic E-state index is 0.261. The van der Waals surface area contributed by atoms with Crippen LogP contribution in [0.25, 0.3) is 11.2 Å². The van der Waals surface area contributed by atoms with E-state index in [9.17, 15) is 14.0 Å². The van der Waals surface area contributed by atoms with Crippen LogP contribution in [0.15, 0.2) is 33.9 Å². The van der Waals surface area contributed by atoms with Crippen LogP contribution in [-0.4, -0.2) is 25.2 Å². The number of fused-ring (bicyclic) bond motifs is 3. The number of aryl methyl sites for hydroxylation is 1. The monoisotopic (exact) mass is 357 g/mol. The molecule has 1 aromatic carbocycles. The molecule has 3 heterocycles. The van der Waals surface area contributed by atoms with Gasteiger partial charge in [-0.15, -0.1) is 0 Å². The van der Waals surface area contributed by atoms with Crippen LogP contribution >= 0.6 is 0 Å². The predicted octanol–water partition coefficient (Wildman–Crippen LogP) is 1.84. The third kappa shape index (κ3) is 2.28. The third-order valence-electron chi connectivity index (χ3n) is 4.90. The van der Waals surface area contributed by atoms with Gasteiger partial charge in [-0.05, 0) is 37.1 Å². The molecule has 7 nitrogen and oxygen atoms in total. The minimum atomic E-state index is -0.373. The van der Waals surface area contributed by atoms with Gasteiger partial charge in [-0.25, -0.2) is 9.18 Å². The Morgan fingerprint density at radius 3 is 2.54 bits per heavy atom. The van der Waals surface area contributed by atoms with Gasteiger partial charge in [-0.1, -0.05) is 6.92 Å². The van der Waals surface area contributed by atoms with E-state index < -0.39 is 0 Å². The summed E-state index contributed by atoms with van der Waals surface area (Å²) < 4.78 is 17.8. The Bertz CT molecular complexity index is 1110. The average molecular weight is 357 g/mol. The molecule has 136 valence electrons. The molecule has 0 N–H and O–H groups in total. The van der Waals surface area contributed by atoms with Gasteiger partial charge in [0.25, 0.3) is 5.56 Å². The quantitative estimate of drug-likeness (QED) is 0.702. The largest absolute Gasteiger partial charge is 0.332 e. The summed E-state index contributed by atoms with van der Waals surface area (Å²) in [6.45, 7) is 5.51. The maximum atomic E-state index is 13.3. The number of nitrogens with zero attached hydrogens (tertiary/aromatic N) is 5. The van der Waals surface area contributed by atoms with Crippen molar-refractivity contribution in [2.45, 2.75) is 26.9 Å². The van der Waals surface area contributed by atoms with Crippen LogP contribution in [0.5, 0.6) is 0 Å². The Morgan fingerprint density at radius 2 is 1.88 bits per heavy atom. The highest BCUT2D eigenvalue weighted by Crippen LogP contribution is 2.32. The molecule has 8 heteroatoms. The molecule has 0 amide bonds. The molecular formula is C18H20FN5O2. The fraction of sp³-hybridized carbons (Fsp3) is 0.389. The number of halogens is 1. The van der Waals surface area contributed by atoms with Crippen LogP contribution < -0.4 is 16.1 Å². The summed E-state index contributed by atoms with van der Waals surface area (Å²) in [6, 6.07) is 6.20. The molecule has 3 aromatic rings. The molecule has 1 aliphatic rings. The highest BCUT2D eigenvalue weighted by atomic mass is 19.1. The smallest absolute Gasteiger partial charge is 0.312 e. The van der Waals surface area contributed by atoms with E-state index in [0.717, 1.165) is 5.69 Å². The Labute approximate surface area is 148 Å². The van der Waals surface area contributed by atoms with E-state index >= 15 is 0 Å². The van der Waals surface area contributed by atoms with Crippen molar-refractivity contribution in [3.8, 4) is 0 Å². The minimum Gasteiger partial charge on any atom is -0.312 e. The zero-order valence-electron chi connectivity index (χ0n) is 14.9. The van der Waals surface area contributed by atoms with Gasteiger partial charge in [0.1, 0.15) is 5.82 Å². The van der Waals surface area contributed by atoms with Crippen LogP contribution in [0.1, 0.15) is 13.8 Å². The van der Waals surface area contributed by atoms with Gasteiger partial charge in [-0.2, -0.15) is 4.98 Å². The van der Waals surface area contributed by atoms with E-state index in [-0.39, 0.29) is 23.0 Å². The molecule has 0 saturated heterocycles. The van der Waals surface area contributed by atoms with Crippen molar-refractivity contribution in [3.63, 3.8) is 0 Å². The van der Waals surface area contributed by atoms with Crippen molar-refractivity contribution in [3.05, 3.63) is 50.9 Å². The maximum Gasteiger partial charge on any atom is 0.332 e. The lowest BCUT2D eigenvalue weighted by molar-refractivity contribution is 0.457. The number of benzene rings is 1. The number of aromatic nitrogens is 4. The fourth-order valence-corrected chi connectivity index (χ4v) is 3.62. The molecule has 0 spiro atoms. The molecule has 1 unspecified atom stereocenters. The van der Waals surface area contributed by atoms with Gasteiger partial charge in [0, 0.05) is 32.4 Å². The summed E-state index contributed by atoms with van der Waals surface area (Å²) in [4.78, 5) is 31.9. The van der Waals surface area contributed by atoms with E-state index in [4.69, 9.17) is 0 Å². The molecule has 0 aliphatic carbocycles. The number of hydrogen-bond donors (Lipinski definition) is 0. The number of imidazole rings is 1. The van der Waals surface area contributed by atoms with Crippen LogP contribution in [0.2, 0.25) is 0 Å². The van der Waals surface area contributed by atoms with Crippen molar-refractivity contribution < 1.29 is 4.39 Å². The first-order valence-electron chi connectivity index (χ1n) is 8.65. The summed E-state index contributed by atoms with van der Waals surface area (Å²) in [5.41, 5.74) is 0.915. The van der Waals surface area contributed by atoms with Crippen LogP contribution in [0.3, 0.4) is 0 Å². The van der Waals surface area contributed by atoms with Gasteiger partial charge in [0.15, 0.2) is 11.2 Å². The second-order valence-electron chi connectivity index (χ2n) is 6.78. The first-order chi connectivity index (χ1) is 12.4. The number of hydrogen-bond acceptors (Lipinski definition) is 4. The summed E-state index contributed by atoms with van der Waals surface area (Å²) in [6.07, 6.45) is 0. The summed E-state index contributed by atoms with van der Waals surface area (Å²) in [5, 5.41) is 0. The van der Waals surface area contributed by atoms with Gasteiger partial charge in [0.2, 0.25) is 5.95 Å². The summed E-state index contributed by atoms with van der Waals surface area (Å²) >= 11 is 0. The molecule has 0 saturated carbocycles. The van der Waals surface area contributed by atoms with E-state index in [1.807, 2.05) is 9.47 Å². The van der Waals surface area contributed by atoms with Gasteiger partial charge < -0.3 is 9.47 Å². The molecule has 4 rings (SSSR count). The van der Waals surface area contributed by atoms with Gasteiger partial charge >= 0.3 is 5.69 Å². The normalized spacial score (nSPS) is 16.9. The van der Waals surface area contributed by atoms with Crippen molar-refractivity contribution in [1.29, 1.82) is 0 Å². The van der Waals surface area contributed by atoms with Crippen molar-refractivity contribution in [1.82, 2.24) is 18.7 Å². The van der Waals surface area contributed by atoms with Crippen molar-refractivity contribution in [2.75, 3.05) is 11.4 Å². The van der Waals surface area contributed by atoms with Crippen molar-refractivity contribution >= 4 is 22.8 Å². The molecule has 0 radical (unpaired) electrons.